The van der Waals surface area contributed by atoms with Crippen molar-refractivity contribution < 1.29 is 17.9 Å². The molecule has 0 unspecified atom stereocenters. The Morgan fingerprint density at radius 3 is 2.30 bits per heavy atom. The van der Waals surface area contributed by atoms with Crippen molar-refractivity contribution in [2.75, 3.05) is 25.0 Å². The number of benzene rings is 2. The zero-order valence-corrected chi connectivity index (χ0v) is 17.0. The number of nitrogens with zero attached hydrogens (tertiary/aromatic N) is 1. The van der Waals surface area contributed by atoms with Crippen LogP contribution in [0.2, 0.25) is 0 Å². The Kier molecular flexibility index (Phi) is 6.98. The number of anilines is 1. The van der Waals surface area contributed by atoms with Gasteiger partial charge in [0.2, 0.25) is 10.0 Å². The number of hydrogen-bond acceptors (Lipinski definition) is 4. The van der Waals surface area contributed by atoms with Gasteiger partial charge in [-0.2, -0.15) is 4.31 Å². The van der Waals surface area contributed by atoms with E-state index in [0.29, 0.717) is 24.4 Å². The van der Waals surface area contributed by atoms with Crippen LogP contribution in [0, 0.1) is 13.8 Å². The number of rotatable bonds is 8. The Bertz CT molecular complexity index is 906. The minimum absolute atomic E-state index is 0.155. The molecule has 1 amide bonds. The third kappa shape index (κ3) is 5.08. The molecule has 0 heterocycles. The van der Waals surface area contributed by atoms with Gasteiger partial charge in [0.05, 0.1) is 4.90 Å². The summed E-state index contributed by atoms with van der Waals surface area (Å²) in [6, 6.07) is 12.2. The maximum atomic E-state index is 12.6. The van der Waals surface area contributed by atoms with Gasteiger partial charge in [-0.1, -0.05) is 32.0 Å². The van der Waals surface area contributed by atoms with Gasteiger partial charge in [-0.15, -0.1) is 0 Å². The van der Waals surface area contributed by atoms with Crippen molar-refractivity contribution >= 4 is 21.6 Å². The van der Waals surface area contributed by atoms with Crippen molar-refractivity contribution in [3.8, 4) is 5.75 Å². The van der Waals surface area contributed by atoms with Crippen molar-refractivity contribution in [3.63, 3.8) is 0 Å². The summed E-state index contributed by atoms with van der Waals surface area (Å²) in [5.74, 6) is 0.206. The van der Waals surface area contributed by atoms with E-state index in [1.165, 1.54) is 10.4 Å². The van der Waals surface area contributed by atoms with Crippen LogP contribution in [0.1, 0.15) is 25.0 Å². The van der Waals surface area contributed by atoms with Crippen molar-refractivity contribution in [2.24, 2.45) is 0 Å². The minimum Gasteiger partial charge on any atom is -0.483 e. The van der Waals surface area contributed by atoms with E-state index in [1.807, 2.05) is 31.2 Å². The van der Waals surface area contributed by atoms with Gasteiger partial charge in [0.25, 0.3) is 5.91 Å². The first-order chi connectivity index (χ1) is 12.8. The number of amides is 1. The molecule has 7 heteroatoms. The Morgan fingerprint density at radius 2 is 1.70 bits per heavy atom. The Morgan fingerprint density at radius 1 is 1.04 bits per heavy atom. The fourth-order valence-electron chi connectivity index (χ4n) is 2.70. The Hall–Kier alpha value is -2.38. The normalized spacial score (nSPS) is 11.4. The molecule has 0 saturated carbocycles. The van der Waals surface area contributed by atoms with Crippen LogP contribution >= 0.6 is 0 Å². The lowest BCUT2D eigenvalue weighted by atomic mass is 10.2. The molecule has 0 atom stereocenters. The van der Waals surface area contributed by atoms with E-state index in [2.05, 4.69) is 5.32 Å². The molecule has 27 heavy (non-hydrogen) atoms. The van der Waals surface area contributed by atoms with Gasteiger partial charge in [-0.05, 0) is 49.2 Å². The summed E-state index contributed by atoms with van der Waals surface area (Å²) < 4.78 is 32.1. The van der Waals surface area contributed by atoms with E-state index in [-0.39, 0.29) is 17.4 Å². The summed E-state index contributed by atoms with van der Waals surface area (Å²) in [5, 5.41) is 2.80. The first-order valence-corrected chi connectivity index (χ1v) is 10.3. The van der Waals surface area contributed by atoms with Gasteiger partial charge < -0.3 is 10.1 Å². The molecule has 0 aromatic heterocycles. The van der Waals surface area contributed by atoms with E-state index in [4.69, 9.17) is 4.74 Å². The van der Waals surface area contributed by atoms with Gasteiger partial charge in [0.1, 0.15) is 5.75 Å². The van der Waals surface area contributed by atoms with E-state index in [9.17, 15) is 13.2 Å². The molecular formula is C20H26N2O4S. The minimum atomic E-state index is -3.52. The molecule has 0 aliphatic carbocycles. The lowest BCUT2D eigenvalue weighted by Gasteiger charge is -2.19. The number of carbonyl (C=O) groups is 1. The summed E-state index contributed by atoms with van der Waals surface area (Å²) in [6.07, 6.45) is 0. The average Bonchev–Trinajstić information content (AvgIpc) is 2.63. The van der Waals surface area contributed by atoms with E-state index >= 15 is 0 Å². The van der Waals surface area contributed by atoms with Gasteiger partial charge >= 0.3 is 0 Å². The fraction of sp³-hybridized carbons (Fsp3) is 0.350. The molecule has 0 fully saturated rings. The maximum absolute atomic E-state index is 12.6. The highest BCUT2D eigenvalue weighted by Gasteiger charge is 2.22. The molecule has 1 N–H and O–H groups in total. The quantitative estimate of drug-likeness (QED) is 0.750. The summed E-state index contributed by atoms with van der Waals surface area (Å²) >= 11 is 0. The molecule has 0 bridgehead atoms. The smallest absolute Gasteiger partial charge is 0.262 e. The molecular weight excluding hydrogens is 364 g/mol. The highest BCUT2D eigenvalue weighted by molar-refractivity contribution is 7.89. The van der Waals surface area contributed by atoms with Crippen molar-refractivity contribution in [1.29, 1.82) is 0 Å². The summed E-state index contributed by atoms with van der Waals surface area (Å²) in [4.78, 5) is 12.3. The number of ether oxygens (including phenoxy) is 1. The van der Waals surface area contributed by atoms with Crippen LogP contribution in [0.15, 0.2) is 47.4 Å². The standard InChI is InChI=1S/C20H26N2O4S/c1-5-22(6-2)27(24,25)17-11-12-19(16(4)13-17)26-14-20(23)21-18-10-8-7-9-15(18)3/h7-13H,5-6,14H2,1-4H3,(H,21,23). The number of hydrogen-bond donors (Lipinski definition) is 1. The van der Waals surface area contributed by atoms with Crippen LogP contribution in [-0.2, 0) is 14.8 Å². The highest BCUT2D eigenvalue weighted by atomic mass is 32.2. The highest BCUT2D eigenvalue weighted by Crippen LogP contribution is 2.24. The largest absolute Gasteiger partial charge is 0.483 e. The van der Waals surface area contributed by atoms with Crippen LogP contribution in [0.5, 0.6) is 5.75 Å². The predicted octanol–water partition coefficient (Wildman–Crippen LogP) is 3.35. The van der Waals surface area contributed by atoms with Crippen LogP contribution in [0.25, 0.3) is 0 Å². The van der Waals surface area contributed by atoms with E-state index in [1.54, 1.807) is 32.9 Å². The molecule has 6 nitrogen and oxygen atoms in total. The van der Waals surface area contributed by atoms with Gasteiger partial charge in [0, 0.05) is 18.8 Å². The molecule has 2 rings (SSSR count). The number of para-hydroxylation sites is 1. The molecule has 146 valence electrons. The van der Waals surface area contributed by atoms with Crippen molar-refractivity contribution in [1.82, 2.24) is 4.31 Å². The number of aryl methyl sites for hydroxylation is 2. The third-order valence-electron chi connectivity index (χ3n) is 4.27. The lowest BCUT2D eigenvalue weighted by Crippen LogP contribution is -2.30. The SMILES string of the molecule is CCN(CC)S(=O)(=O)c1ccc(OCC(=O)Nc2ccccc2C)c(C)c1. The Labute approximate surface area is 161 Å². The van der Waals surface area contributed by atoms with Crippen LogP contribution in [0.3, 0.4) is 0 Å². The zero-order chi connectivity index (χ0) is 20.0. The van der Waals surface area contributed by atoms with Crippen LogP contribution in [-0.4, -0.2) is 38.3 Å². The second-order valence-corrected chi connectivity index (χ2v) is 8.11. The lowest BCUT2D eigenvalue weighted by molar-refractivity contribution is -0.118. The maximum Gasteiger partial charge on any atom is 0.262 e. The molecule has 2 aromatic rings. The Balaban J connectivity index is 2.06. The van der Waals surface area contributed by atoms with Crippen molar-refractivity contribution in [3.05, 3.63) is 53.6 Å². The molecule has 0 aliphatic rings. The molecule has 0 saturated heterocycles. The summed E-state index contributed by atoms with van der Waals surface area (Å²) in [7, 11) is -3.52. The predicted molar refractivity (Wildman–Crippen MR) is 107 cm³/mol. The first-order valence-electron chi connectivity index (χ1n) is 8.88. The average molecular weight is 391 g/mol. The number of sulfonamides is 1. The van der Waals surface area contributed by atoms with E-state index < -0.39 is 10.0 Å². The van der Waals surface area contributed by atoms with Gasteiger partial charge in [0.15, 0.2) is 6.61 Å². The van der Waals surface area contributed by atoms with Gasteiger partial charge in [-0.3, -0.25) is 4.79 Å². The monoisotopic (exact) mass is 390 g/mol. The zero-order valence-electron chi connectivity index (χ0n) is 16.2. The molecule has 0 spiro atoms. The second-order valence-electron chi connectivity index (χ2n) is 6.17. The topological polar surface area (TPSA) is 75.7 Å². The molecule has 0 aliphatic heterocycles. The fourth-order valence-corrected chi connectivity index (χ4v) is 4.24. The first kappa shape index (κ1) is 20.9. The van der Waals surface area contributed by atoms with Crippen LogP contribution < -0.4 is 10.1 Å². The number of nitrogens with one attached hydrogen (secondary N) is 1. The molecule has 0 radical (unpaired) electrons. The van der Waals surface area contributed by atoms with Crippen LogP contribution in [0.4, 0.5) is 5.69 Å². The second kappa shape index (κ2) is 9.01. The molecule has 2 aromatic carbocycles. The van der Waals surface area contributed by atoms with E-state index in [0.717, 1.165) is 11.3 Å². The van der Waals surface area contributed by atoms with Gasteiger partial charge in [-0.25, -0.2) is 8.42 Å². The van der Waals surface area contributed by atoms with Crippen molar-refractivity contribution in [2.45, 2.75) is 32.6 Å². The number of carbonyl (C=O) groups excluding carboxylic acids is 1. The summed E-state index contributed by atoms with van der Waals surface area (Å²) in [6.45, 7) is 7.95. The third-order valence-corrected chi connectivity index (χ3v) is 6.31. The summed E-state index contributed by atoms with van der Waals surface area (Å²) in [5.41, 5.74) is 2.36.